The van der Waals surface area contributed by atoms with Gasteiger partial charge < -0.3 is 11.1 Å². The Balaban J connectivity index is 0.00000182. The van der Waals surface area contributed by atoms with E-state index in [1.165, 1.54) is 10.4 Å². The van der Waals surface area contributed by atoms with E-state index in [0.717, 1.165) is 55.8 Å². The molecule has 3 N–H and O–H groups in total. The van der Waals surface area contributed by atoms with E-state index in [0.29, 0.717) is 5.92 Å². The fourth-order valence-corrected chi connectivity index (χ4v) is 4.98. The van der Waals surface area contributed by atoms with Gasteiger partial charge in [-0.25, -0.2) is 4.98 Å². The molecule has 2 aliphatic rings. The van der Waals surface area contributed by atoms with E-state index in [2.05, 4.69) is 40.6 Å². The SMILES string of the molecule is Cl.NC1(C(=O)Nc2nc3c(s2)CC(c2ccccc2)CC3)CCCC1. The Bertz CT molecular complexity index is 740. The highest BCUT2D eigenvalue weighted by Gasteiger charge is 2.37. The summed E-state index contributed by atoms with van der Waals surface area (Å²) in [5.74, 6) is 0.490. The van der Waals surface area contributed by atoms with Gasteiger partial charge in [0.05, 0.1) is 11.2 Å². The van der Waals surface area contributed by atoms with Crippen molar-refractivity contribution in [3.63, 3.8) is 0 Å². The monoisotopic (exact) mass is 377 g/mol. The summed E-state index contributed by atoms with van der Waals surface area (Å²) in [4.78, 5) is 18.4. The number of nitrogens with two attached hydrogens (primary N) is 1. The Kier molecular flexibility index (Phi) is 5.46. The van der Waals surface area contributed by atoms with E-state index in [1.807, 2.05) is 0 Å². The second-order valence-electron chi connectivity index (χ2n) is 7.06. The zero-order valence-electron chi connectivity index (χ0n) is 14.2. The molecule has 6 heteroatoms. The number of carbonyl (C=O) groups excluding carboxylic acids is 1. The number of nitrogens with zero attached hydrogens (tertiary/aromatic N) is 1. The van der Waals surface area contributed by atoms with Crippen molar-refractivity contribution in [2.75, 3.05) is 5.32 Å². The van der Waals surface area contributed by atoms with Crippen LogP contribution >= 0.6 is 23.7 Å². The second kappa shape index (κ2) is 7.44. The molecular weight excluding hydrogens is 354 g/mol. The summed E-state index contributed by atoms with van der Waals surface area (Å²) < 4.78 is 0. The standard InChI is InChI=1S/C19H23N3OS.ClH/c20-19(10-4-5-11-19)17(23)22-18-21-15-9-8-14(12-16(15)24-18)13-6-2-1-3-7-13;/h1-3,6-7,14H,4-5,8-12,20H2,(H,21,22,23);1H. The number of carbonyl (C=O) groups is 1. The van der Waals surface area contributed by atoms with Crippen LogP contribution in [0.25, 0.3) is 0 Å². The van der Waals surface area contributed by atoms with Crippen molar-refractivity contribution < 1.29 is 4.79 Å². The van der Waals surface area contributed by atoms with Gasteiger partial charge in [-0.05, 0) is 43.6 Å². The van der Waals surface area contributed by atoms with Crippen molar-refractivity contribution in [3.05, 3.63) is 46.5 Å². The van der Waals surface area contributed by atoms with Gasteiger partial charge in [0.1, 0.15) is 0 Å². The van der Waals surface area contributed by atoms with Gasteiger partial charge in [0, 0.05) is 4.88 Å². The average molecular weight is 378 g/mol. The molecule has 2 aliphatic carbocycles. The van der Waals surface area contributed by atoms with Crippen LogP contribution in [-0.4, -0.2) is 16.4 Å². The Morgan fingerprint density at radius 3 is 2.68 bits per heavy atom. The average Bonchev–Trinajstić information content (AvgIpc) is 3.21. The minimum atomic E-state index is -0.696. The minimum absolute atomic E-state index is 0. The number of fused-ring (bicyclic) bond motifs is 1. The summed E-state index contributed by atoms with van der Waals surface area (Å²) in [5.41, 5.74) is 8.09. The molecule has 0 bridgehead atoms. The van der Waals surface area contributed by atoms with E-state index in [-0.39, 0.29) is 18.3 Å². The molecule has 4 nitrogen and oxygen atoms in total. The number of aryl methyl sites for hydroxylation is 1. The fourth-order valence-electron chi connectivity index (χ4n) is 3.89. The van der Waals surface area contributed by atoms with Gasteiger partial charge in [-0.3, -0.25) is 4.79 Å². The highest BCUT2D eigenvalue weighted by molar-refractivity contribution is 7.15. The van der Waals surface area contributed by atoms with Crippen LogP contribution in [0.3, 0.4) is 0 Å². The number of hydrogen-bond acceptors (Lipinski definition) is 4. The number of halogens is 1. The van der Waals surface area contributed by atoms with Crippen LogP contribution in [0.5, 0.6) is 0 Å². The molecule has 1 unspecified atom stereocenters. The van der Waals surface area contributed by atoms with Crippen molar-refractivity contribution >= 4 is 34.8 Å². The first kappa shape index (κ1) is 18.4. The van der Waals surface area contributed by atoms with Crippen molar-refractivity contribution in [1.82, 2.24) is 4.98 Å². The molecule has 0 saturated heterocycles. The lowest BCUT2D eigenvalue weighted by Crippen LogP contribution is -2.48. The Labute approximate surface area is 158 Å². The molecule has 1 fully saturated rings. The molecule has 134 valence electrons. The number of amides is 1. The molecule has 0 aliphatic heterocycles. The van der Waals surface area contributed by atoms with E-state index in [4.69, 9.17) is 5.73 Å². The fraction of sp³-hybridized carbons (Fsp3) is 0.474. The summed E-state index contributed by atoms with van der Waals surface area (Å²) >= 11 is 1.62. The van der Waals surface area contributed by atoms with Crippen molar-refractivity contribution in [2.45, 2.75) is 56.4 Å². The van der Waals surface area contributed by atoms with E-state index >= 15 is 0 Å². The number of nitrogens with one attached hydrogen (secondary N) is 1. The third-order valence-corrected chi connectivity index (χ3v) is 6.41. The molecule has 1 amide bonds. The van der Waals surface area contributed by atoms with Crippen molar-refractivity contribution in [3.8, 4) is 0 Å². The molecule has 0 spiro atoms. The summed E-state index contributed by atoms with van der Waals surface area (Å²) in [6.45, 7) is 0. The van der Waals surface area contributed by atoms with Crippen LogP contribution < -0.4 is 11.1 Å². The Morgan fingerprint density at radius 1 is 1.24 bits per heavy atom. The maximum absolute atomic E-state index is 12.5. The third kappa shape index (κ3) is 3.73. The predicted octanol–water partition coefficient (Wildman–Crippen LogP) is 4.05. The van der Waals surface area contributed by atoms with Gasteiger partial charge in [-0.15, -0.1) is 23.7 Å². The molecule has 0 radical (unpaired) electrons. The zero-order valence-corrected chi connectivity index (χ0v) is 15.8. The summed E-state index contributed by atoms with van der Waals surface area (Å²) in [6, 6.07) is 10.7. The van der Waals surface area contributed by atoms with Crippen LogP contribution in [0, 0.1) is 0 Å². The first-order valence-electron chi connectivity index (χ1n) is 8.78. The molecule has 4 rings (SSSR count). The Hall–Kier alpha value is -1.43. The summed E-state index contributed by atoms with van der Waals surface area (Å²) in [7, 11) is 0. The molecule has 25 heavy (non-hydrogen) atoms. The smallest absolute Gasteiger partial charge is 0.246 e. The molecule has 1 saturated carbocycles. The van der Waals surface area contributed by atoms with Crippen molar-refractivity contribution in [2.24, 2.45) is 5.73 Å². The summed E-state index contributed by atoms with van der Waals surface area (Å²) in [5, 5.41) is 3.70. The van der Waals surface area contributed by atoms with Gasteiger partial charge in [-0.1, -0.05) is 43.2 Å². The topological polar surface area (TPSA) is 68.0 Å². The maximum atomic E-state index is 12.5. The van der Waals surface area contributed by atoms with E-state index in [1.54, 1.807) is 11.3 Å². The second-order valence-corrected chi connectivity index (χ2v) is 8.14. The minimum Gasteiger partial charge on any atom is -0.317 e. The normalized spacial score (nSPS) is 21.2. The van der Waals surface area contributed by atoms with E-state index in [9.17, 15) is 4.79 Å². The van der Waals surface area contributed by atoms with Crippen LogP contribution in [-0.2, 0) is 17.6 Å². The first-order chi connectivity index (χ1) is 11.6. The molecule has 1 aromatic carbocycles. The van der Waals surface area contributed by atoms with E-state index < -0.39 is 5.54 Å². The number of thiazole rings is 1. The van der Waals surface area contributed by atoms with Gasteiger partial charge in [0.2, 0.25) is 5.91 Å². The van der Waals surface area contributed by atoms with Gasteiger partial charge >= 0.3 is 0 Å². The first-order valence-corrected chi connectivity index (χ1v) is 9.59. The Morgan fingerprint density at radius 2 is 1.96 bits per heavy atom. The highest BCUT2D eigenvalue weighted by Crippen LogP contribution is 2.37. The van der Waals surface area contributed by atoms with Crippen LogP contribution in [0.1, 0.15) is 54.2 Å². The van der Waals surface area contributed by atoms with Gasteiger partial charge in [0.15, 0.2) is 5.13 Å². The van der Waals surface area contributed by atoms with Crippen LogP contribution in [0.4, 0.5) is 5.13 Å². The molecule has 1 heterocycles. The van der Waals surface area contributed by atoms with Gasteiger partial charge in [0.25, 0.3) is 0 Å². The number of rotatable bonds is 3. The number of aromatic nitrogens is 1. The lowest BCUT2D eigenvalue weighted by atomic mass is 9.85. The molecule has 1 aromatic heterocycles. The molecule has 1 atom stereocenters. The number of hydrogen-bond donors (Lipinski definition) is 2. The lowest BCUT2D eigenvalue weighted by Gasteiger charge is -2.21. The van der Waals surface area contributed by atoms with Crippen LogP contribution in [0.15, 0.2) is 30.3 Å². The quantitative estimate of drug-likeness (QED) is 0.847. The molecule has 2 aromatic rings. The third-order valence-electron chi connectivity index (χ3n) is 5.38. The summed E-state index contributed by atoms with van der Waals surface area (Å²) in [6.07, 6.45) is 6.75. The van der Waals surface area contributed by atoms with Gasteiger partial charge in [-0.2, -0.15) is 0 Å². The highest BCUT2D eigenvalue weighted by atomic mass is 35.5. The molecular formula is C19H24ClN3OS. The largest absolute Gasteiger partial charge is 0.317 e. The predicted molar refractivity (Wildman–Crippen MR) is 105 cm³/mol. The lowest BCUT2D eigenvalue weighted by molar-refractivity contribution is -0.121. The maximum Gasteiger partial charge on any atom is 0.246 e. The van der Waals surface area contributed by atoms with Crippen LogP contribution in [0.2, 0.25) is 0 Å². The number of anilines is 1. The number of benzene rings is 1. The zero-order chi connectivity index (χ0) is 16.6. The van der Waals surface area contributed by atoms with Crippen molar-refractivity contribution in [1.29, 1.82) is 0 Å².